The summed E-state index contributed by atoms with van der Waals surface area (Å²) in [6.07, 6.45) is 4.14. The molecule has 1 unspecified atom stereocenters. The van der Waals surface area contributed by atoms with Crippen LogP contribution in [0.5, 0.6) is 5.75 Å². The van der Waals surface area contributed by atoms with Crippen molar-refractivity contribution in [2.75, 3.05) is 26.2 Å². The lowest BCUT2D eigenvalue weighted by Gasteiger charge is -2.34. The van der Waals surface area contributed by atoms with E-state index in [1.54, 1.807) is 0 Å². The van der Waals surface area contributed by atoms with Crippen molar-refractivity contribution in [2.45, 2.75) is 37.6 Å². The quantitative estimate of drug-likeness (QED) is 0.851. The van der Waals surface area contributed by atoms with E-state index in [9.17, 15) is 9.18 Å². The van der Waals surface area contributed by atoms with Gasteiger partial charge in [-0.05, 0) is 74.0 Å². The van der Waals surface area contributed by atoms with Crippen molar-refractivity contribution in [2.24, 2.45) is 0 Å². The monoisotopic (exact) mass is 382 g/mol. The van der Waals surface area contributed by atoms with Gasteiger partial charge in [0.2, 0.25) is 0 Å². The fourth-order valence-corrected chi connectivity index (χ4v) is 4.23. The summed E-state index contributed by atoms with van der Waals surface area (Å²) in [5, 5.41) is 3.09. The number of hydrogen-bond donors (Lipinski definition) is 1. The molecule has 0 aromatic heterocycles. The van der Waals surface area contributed by atoms with E-state index in [2.05, 4.69) is 28.4 Å². The fraction of sp³-hybridized carbons (Fsp3) is 0.435. The number of nitrogens with zero attached hydrogens (tertiary/aromatic N) is 1. The summed E-state index contributed by atoms with van der Waals surface area (Å²) in [5.41, 5.74) is 1.86. The molecular weight excluding hydrogens is 355 g/mol. The van der Waals surface area contributed by atoms with Crippen LogP contribution in [0, 0.1) is 5.82 Å². The van der Waals surface area contributed by atoms with Gasteiger partial charge in [0.05, 0.1) is 6.61 Å². The van der Waals surface area contributed by atoms with E-state index in [4.69, 9.17) is 4.74 Å². The number of ether oxygens (including phenoxy) is 1. The molecule has 28 heavy (non-hydrogen) atoms. The number of halogens is 1. The Morgan fingerprint density at radius 3 is 2.61 bits per heavy atom. The average molecular weight is 382 g/mol. The van der Waals surface area contributed by atoms with E-state index in [0.29, 0.717) is 11.5 Å². The predicted octanol–water partition coefficient (Wildman–Crippen LogP) is 3.98. The maximum atomic E-state index is 13.0. The van der Waals surface area contributed by atoms with Crippen molar-refractivity contribution in [1.82, 2.24) is 10.2 Å². The second-order valence-corrected chi connectivity index (χ2v) is 7.76. The highest BCUT2D eigenvalue weighted by atomic mass is 19.1. The van der Waals surface area contributed by atoms with Gasteiger partial charge >= 0.3 is 0 Å². The summed E-state index contributed by atoms with van der Waals surface area (Å²) in [4.78, 5) is 14.8. The highest BCUT2D eigenvalue weighted by Crippen LogP contribution is 2.35. The molecule has 1 fully saturated rings. The SMILES string of the molecule is O=C(NC1CCN(CCC2CCOc3ccccc32)CC1)c1ccc(F)cc1. The van der Waals surface area contributed by atoms with Gasteiger partial charge in [-0.15, -0.1) is 0 Å². The number of carbonyl (C=O) groups is 1. The summed E-state index contributed by atoms with van der Waals surface area (Å²) in [6, 6.07) is 14.3. The van der Waals surface area contributed by atoms with Gasteiger partial charge in [-0.3, -0.25) is 4.79 Å². The molecule has 148 valence electrons. The minimum atomic E-state index is -0.322. The first-order chi connectivity index (χ1) is 13.7. The molecule has 2 aliphatic heterocycles. The first kappa shape index (κ1) is 18.9. The second kappa shape index (κ2) is 8.74. The van der Waals surface area contributed by atoms with Gasteiger partial charge < -0.3 is 15.0 Å². The molecule has 4 nitrogen and oxygen atoms in total. The maximum Gasteiger partial charge on any atom is 0.251 e. The molecule has 1 amide bonds. The van der Waals surface area contributed by atoms with E-state index in [1.807, 2.05) is 6.07 Å². The van der Waals surface area contributed by atoms with Gasteiger partial charge in [-0.2, -0.15) is 0 Å². The Morgan fingerprint density at radius 2 is 1.82 bits per heavy atom. The zero-order valence-electron chi connectivity index (χ0n) is 16.1. The highest BCUT2D eigenvalue weighted by molar-refractivity contribution is 5.94. The van der Waals surface area contributed by atoms with Crippen LogP contribution in [0.1, 0.15) is 47.5 Å². The zero-order valence-corrected chi connectivity index (χ0v) is 16.1. The molecule has 5 heteroatoms. The van der Waals surface area contributed by atoms with E-state index in [0.717, 1.165) is 57.7 Å². The van der Waals surface area contributed by atoms with E-state index in [1.165, 1.54) is 29.8 Å². The molecule has 0 bridgehead atoms. The van der Waals surface area contributed by atoms with Crippen LogP contribution in [0.2, 0.25) is 0 Å². The minimum Gasteiger partial charge on any atom is -0.493 e. The molecule has 0 radical (unpaired) electrons. The molecule has 1 saturated heterocycles. The van der Waals surface area contributed by atoms with Crippen LogP contribution in [0.25, 0.3) is 0 Å². The van der Waals surface area contributed by atoms with Gasteiger partial charge in [0.1, 0.15) is 11.6 Å². The van der Waals surface area contributed by atoms with Crippen LogP contribution < -0.4 is 10.1 Å². The minimum absolute atomic E-state index is 0.114. The lowest BCUT2D eigenvalue weighted by molar-refractivity contribution is 0.0910. The van der Waals surface area contributed by atoms with Crippen LogP contribution in [0.15, 0.2) is 48.5 Å². The molecule has 4 rings (SSSR count). The third kappa shape index (κ3) is 4.53. The van der Waals surface area contributed by atoms with Crippen molar-refractivity contribution in [3.63, 3.8) is 0 Å². The maximum absolute atomic E-state index is 13.0. The number of nitrogens with one attached hydrogen (secondary N) is 1. The van der Waals surface area contributed by atoms with Gasteiger partial charge in [0.15, 0.2) is 0 Å². The molecular formula is C23H27FN2O2. The zero-order chi connectivity index (χ0) is 19.3. The van der Waals surface area contributed by atoms with E-state index >= 15 is 0 Å². The third-order valence-corrected chi connectivity index (χ3v) is 5.91. The number of benzene rings is 2. The first-order valence-electron chi connectivity index (χ1n) is 10.2. The Labute approximate surface area is 165 Å². The Bertz CT molecular complexity index is 801. The molecule has 1 atom stereocenters. The highest BCUT2D eigenvalue weighted by Gasteiger charge is 2.24. The molecule has 0 aliphatic carbocycles. The number of likely N-dealkylation sites (tertiary alicyclic amines) is 1. The Morgan fingerprint density at radius 1 is 1.07 bits per heavy atom. The third-order valence-electron chi connectivity index (χ3n) is 5.91. The number of amides is 1. The fourth-order valence-electron chi connectivity index (χ4n) is 4.23. The number of rotatable bonds is 5. The van der Waals surface area contributed by atoms with Crippen molar-refractivity contribution in [3.05, 3.63) is 65.5 Å². The number of hydrogen-bond acceptors (Lipinski definition) is 3. The number of piperidine rings is 1. The van der Waals surface area contributed by atoms with Crippen molar-refractivity contribution in [1.29, 1.82) is 0 Å². The predicted molar refractivity (Wildman–Crippen MR) is 107 cm³/mol. The summed E-state index contributed by atoms with van der Waals surface area (Å²) >= 11 is 0. The number of carbonyl (C=O) groups excluding carboxylic acids is 1. The molecule has 2 aromatic rings. The van der Waals surface area contributed by atoms with Crippen molar-refractivity contribution in [3.8, 4) is 5.75 Å². The Kier molecular flexibility index (Phi) is 5.91. The first-order valence-corrected chi connectivity index (χ1v) is 10.2. The Balaban J connectivity index is 1.23. The number of fused-ring (bicyclic) bond motifs is 1. The lowest BCUT2D eigenvalue weighted by Crippen LogP contribution is -2.45. The van der Waals surface area contributed by atoms with Crippen LogP contribution >= 0.6 is 0 Å². The van der Waals surface area contributed by atoms with Crippen LogP contribution in [0.4, 0.5) is 4.39 Å². The van der Waals surface area contributed by atoms with Crippen LogP contribution in [0.3, 0.4) is 0 Å². The molecule has 2 aliphatic rings. The topological polar surface area (TPSA) is 41.6 Å². The molecule has 0 saturated carbocycles. The van der Waals surface area contributed by atoms with Gasteiger partial charge in [-0.1, -0.05) is 18.2 Å². The molecule has 1 N–H and O–H groups in total. The normalized spacial score (nSPS) is 20.2. The second-order valence-electron chi connectivity index (χ2n) is 7.76. The summed E-state index contributed by atoms with van der Waals surface area (Å²) in [5.74, 6) is 1.18. The van der Waals surface area contributed by atoms with Crippen molar-refractivity contribution < 1.29 is 13.9 Å². The summed E-state index contributed by atoms with van der Waals surface area (Å²) in [6.45, 7) is 3.88. The number of para-hydroxylation sites is 1. The average Bonchev–Trinajstić information content (AvgIpc) is 2.73. The van der Waals surface area contributed by atoms with Crippen LogP contribution in [-0.2, 0) is 0 Å². The van der Waals surface area contributed by atoms with Gasteiger partial charge in [-0.25, -0.2) is 4.39 Å². The van der Waals surface area contributed by atoms with Gasteiger partial charge in [0.25, 0.3) is 5.91 Å². The van der Waals surface area contributed by atoms with Crippen LogP contribution in [-0.4, -0.2) is 43.1 Å². The summed E-state index contributed by atoms with van der Waals surface area (Å²) < 4.78 is 18.8. The van der Waals surface area contributed by atoms with Gasteiger partial charge in [0, 0.05) is 24.7 Å². The standard InChI is InChI=1S/C23H27FN2O2/c24-19-7-5-18(6-8-19)23(27)25-20-10-14-26(15-11-20)13-9-17-12-16-28-22-4-2-1-3-21(17)22/h1-8,17,20H,9-16H2,(H,25,27). The van der Waals surface area contributed by atoms with E-state index < -0.39 is 0 Å². The Hall–Kier alpha value is -2.40. The van der Waals surface area contributed by atoms with Crippen molar-refractivity contribution >= 4 is 5.91 Å². The molecule has 0 spiro atoms. The smallest absolute Gasteiger partial charge is 0.251 e. The molecule has 2 aromatic carbocycles. The largest absolute Gasteiger partial charge is 0.493 e. The van der Waals surface area contributed by atoms with E-state index in [-0.39, 0.29) is 17.8 Å². The lowest BCUT2D eigenvalue weighted by atomic mass is 9.90. The summed E-state index contributed by atoms with van der Waals surface area (Å²) in [7, 11) is 0. The molecule has 2 heterocycles.